The van der Waals surface area contributed by atoms with E-state index in [1.807, 2.05) is 67.6 Å². The number of urea groups is 1. The Labute approximate surface area is 213 Å². The molecule has 4 rings (SSSR count). The molecule has 7 nitrogen and oxygen atoms in total. The topological polar surface area (TPSA) is 79.3 Å². The number of anilines is 1. The highest BCUT2D eigenvalue weighted by Crippen LogP contribution is 2.25. The van der Waals surface area contributed by atoms with Crippen molar-refractivity contribution in [3.63, 3.8) is 0 Å². The summed E-state index contributed by atoms with van der Waals surface area (Å²) in [5, 5.41) is 10.9. The zero-order chi connectivity index (χ0) is 25.5. The molecule has 36 heavy (non-hydrogen) atoms. The number of hydrogen-bond donors (Lipinski definition) is 2. The molecule has 2 N–H and O–H groups in total. The molecule has 0 spiro atoms. The molecule has 3 aromatic rings. The van der Waals surface area contributed by atoms with Crippen LogP contribution in [-0.4, -0.2) is 45.8 Å². The third-order valence-electron chi connectivity index (χ3n) is 6.46. The maximum atomic E-state index is 13.2. The molecular weight excluding hydrogens is 450 g/mol. The molecule has 190 valence electrons. The molecule has 0 aliphatic heterocycles. The summed E-state index contributed by atoms with van der Waals surface area (Å²) in [6, 6.07) is 19.8. The van der Waals surface area contributed by atoms with Gasteiger partial charge in [-0.15, -0.1) is 0 Å². The van der Waals surface area contributed by atoms with Crippen molar-refractivity contribution in [1.82, 2.24) is 20.0 Å². The van der Waals surface area contributed by atoms with E-state index in [-0.39, 0.29) is 30.4 Å². The summed E-state index contributed by atoms with van der Waals surface area (Å²) >= 11 is 0. The minimum Gasteiger partial charge on any atom is -0.335 e. The van der Waals surface area contributed by atoms with Crippen LogP contribution in [0.15, 0.2) is 60.7 Å². The molecule has 2 aromatic carbocycles. The van der Waals surface area contributed by atoms with Crippen molar-refractivity contribution in [1.29, 1.82) is 0 Å². The van der Waals surface area contributed by atoms with E-state index in [0.29, 0.717) is 12.4 Å². The van der Waals surface area contributed by atoms with Gasteiger partial charge in [-0.1, -0.05) is 81.1 Å². The van der Waals surface area contributed by atoms with Crippen molar-refractivity contribution in [3.05, 3.63) is 66.2 Å². The number of aromatic nitrogens is 2. The maximum Gasteiger partial charge on any atom is 0.318 e. The number of hydrogen-bond acceptors (Lipinski definition) is 3. The fraction of sp³-hybridized carbons (Fsp3) is 0.414. The Morgan fingerprint density at radius 2 is 1.72 bits per heavy atom. The van der Waals surface area contributed by atoms with Gasteiger partial charge in [-0.25, -0.2) is 9.48 Å². The van der Waals surface area contributed by atoms with Crippen LogP contribution in [0.5, 0.6) is 0 Å². The van der Waals surface area contributed by atoms with Crippen LogP contribution in [0.4, 0.5) is 10.6 Å². The van der Waals surface area contributed by atoms with Gasteiger partial charge in [-0.3, -0.25) is 4.79 Å². The summed E-state index contributed by atoms with van der Waals surface area (Å²) in [6.45, 7) is 6.64. The van der Waals surface area contributed by atoms with Gasteiger partial charge in [-0.05, 0) is 37.8 Å². The van der Waals surface area contributed by atoms with Gasteiger partial charge in [-0.2, -0.15) is 5.10 Å². The molecule has 3 amide bonds. The average Bonchev–Trinajstić information content (AvgIpc) is 3.28. The lowest BCUT2D eigenvalue weighted by Gasteiger charge is -2.29. The third kappa shape index (κ3) is 6.74. The second-order valence-corrected chi connectivity index (χ2v) is 10.1. The standard InChI is InChI=1S/C29H37N5O2/c1-21(2)19-33(29(36)30-24-12-8-5-9-13-24)20-28(35)31-27-18-26(23-10-6-4-7-11-23)32-34(27)25-16-14-22(3)15-17-25/h4,6-7,10-11,14-18,21,24H,5,8-9,12-13,19-20H2,1-3H3,(H,30,36)(H,31,35). The quantitative estimate of drug-likeness (QED) is 0.422. The summed E-state index contributed by atoms with van der Waals surface area (Å²) in [7, 11) is 0. The van der Waals surface area contributed by atoms with Gasteiger partial charge in [0.2, 0.25) is 5.91 Å². The predicted molar refractivity (Wildman–Crippen MR) is 144 cm³/mol. The maximum absolute atomic E-state index is 13.2. The molecule has 0 atom stereocenters. The first-order valence-electron chi connectivity index (χ1n) is 13.0. The van der Waals surface area contributed by atoms with Gasteiger partial charge >= 0.3 is 6.03 Å². The van der Waals surface area contributed by atoms with E-state index in [9.17, 15) is 9.59 Å². The van der Waals surface area contributed by atoms with Crippen molar-refractivity contribution < 1.29 is 9.59 Å². The van der Waals surface area contributed by atoms with Crippen LogP contribution in [0.3, 0.4) is 0 Å². The first kappa shape index (κ1) is 25.5. The SMILES string of the molecule is Cc1ccc(-n2nc(-c3ccccc3)cc2NC(=O)CN(CC(C)C)C(=O)NC2CCCCC2)cc1. The number of nitrogens with one attached hydrogen (secondary N) is 2. The Morgan fingerprint density at radius 3 is 2.39 bits per heavy atom. The Morgan fingerprint density at radius 1 is 1.03 bits per heavy atom. The van der Waals surface area contributed by atoms with E-state index in [4.69, 9.17) is 5.10 Å². The van der Waals surface area contributed by atoms with Crippen LogP contribution in [0.1, 0.15) is 51.5 Å². The largest absolute Gasteiger partial charge is 0.335 e. The van der Waals surface area contributed by atoms with Crippen molar-refractivity contribution in [2.24, 2.45) is 5.92 Å². The highest BCUT2D eigenvalue weighted by atomic mass is 16.2. The summed E-state index contributed by atoms with van der Waals surface area (Å²) in [6.07, 6.45) is 5.52. The molecular formula is C29H37N5O2. The number of carbonyl (C=O) groups excluding carboxylic acids is 2. The predicted octanol–water partition coefficient (Wildman–Crippen LogP) is 5.79. The van der Waals surface area contributed by atoms with E-state index in [0.717, 1.165) is 48.2 Å². The van der Waals surface area contributed by atoms with Crippen LogP contribution < -0.4 is 10.6 Å². The van der Waals surface area contributed by atoms with Crippen molar-refractivity contribution in [2.45, 2.75) is 58.9 Å². The van der Waals surface area contributed by atoms with Crippen LogP contribution in [0.25, 0.3) is 16.9 Å². The van der Waals surface area contributed by atoms with Crippen molar-refractivity contribution in [3.8, 4) is 16.9 Å². The lowest BCUT2D eigenvalue weighted by atomic mass is 9.96. The molecule has 0 bridgehead atoms. The summed E-state index contributed by atoms with van der Waals surface area (Å²) in [4.78, 5) is 27.9. The molecule has 1 fully saturated rings. The lowest BCUT2D eigenvalue weighted by Crippen LogP contribution is -2.49. The van der Waals surface area contributed by atoms with Gasteiger partial charge in [0, 0.05) is 24.2 Å². The lowest BCUT2D eigenvalue weighted by molar-refractivity contribution is -0.116. The van der Waals surface area contributed by atoms with Crippen LogP contribution in [0, 0.1) is 12.8 Å². The second kappa shape index (κ2) is 11.9. The van der Waals surface area contributed by atoms with Crippen LogP contribution in [0.2, 0.25) is 0 Å². The number of amides is 3. The summed E-state index contributed by atoms with van der Waals surface area (Å²) in [5.41, 5.74) is 3.73. The fourth-order valence-electron chi connectivity index (χ4n) is 4.63. The van der Waals surface area contributed by atoms with Crippen molar-refractivity contribution in [2.75, 3.05) is 18.4 Å². The molecule has 1 aliphatic rings. The highest BCUT2D eigenvalue weighted by molar-refractivity contribution is 5.94. The van der Waals surface area contributed by atoms with E-state index in [2.05, 4.69) is 24.5 Å². The minimum atomic E-state index is -0.248. The summed E-state index contributed by atoms with van der Waals surface area (Å²) < 4.78 is 1.74. The average molecular weight is 488 g/mol. The van der Waals surface area contributed by atoms with Gasteiger partial charge in [0.25, 0.3) is 0 Å². The highest BCUT2D eigenvalue weighted by Gasteiger charge is 2.23. The smallest absolute Gasteiger partial charge is 0.318 e. The van der Waals surface area contributed by atoms with E-state index >= 15 is 0 Å². The fourth-order valence-corrected chi connectivity index (χ4v) is 4.63. The zero-order valence-electron chi connectivity index (χ0n) is 21.5. The molecule has 1 saturated carbocycles. The van der Waals surface area contributed by atoms with Gasteiger partial charge in [0.1, 0.15) is 12.4 Å². The molecule has 7 heteroatoms. The van der Waals surface area contributed by atoms with Crippen LogP contribution in [-0.2, 0) is 4.79 Å². The minimum absolute atomic E-state index is 0.0174. The Balaban J connectivity index is 1.53. The number of aryl methyl sites for hydroxylation is 1. The number of carbonyl (C=O) groups is 2. The Hall–Kier alpha value is -3.61. The molecule has 1 aliphatic carbocycles. The molecule has 0 unspecified atom stereocenters. The molecule has 0 radical (unpaired) electrons. The normalized spacial score (nSPS) is 14.0. The van der Waals surface area contributed by atoms with Gasteiger partial charge in [0.15, 0.2) is 0 Å². The first-order valence-corrected chi connectivity index (χ1v) is 13.0. The third-order valence-corrected chi connectivity index (χ3v) is 6.46. The first-order chi connectivity index (χ1) is 17.4. The molecule has 1 aromatic heterocycles. The Kier molecular flexibility index (Phi) is 8.41. The van der Waals surface area contributed by atoms with E-state index in [1.54, 1.807) is 9.58 Å². The molecule has 0 saturated heterocycles. The Bertz CT molecular complexity index is 1150. The molecule has 1 heterocycles. The number of rotatable bonds is 8. The summed E-state index contributed by atoms with van der Waals surface area (Å²) in [5.74, 6) is 0.569. The number of nitrogens with zero attached hydrogens (tertiary/aromatic N) is 3. The monoisotopic (exact) mass is 487 g/mol. The van der Waals surface area contributed by atoms with E-state index < -0.39 is 0 Å². The van der Waals surface area contributed by atoms with E-state index in [1.165, 1.54) is 6.42 Å². The van der Waals surface area contributed by atoms with Crippen molar-refractivity contribution >= 4 is 17.8 Å². The van der Waals surface area contributed by atoms with Crippen LogP contribution >= 0.6 is 0 Å². The number of benzene rings is 2. The second-order valence-electron chi connectivity index (χ2n) is 10.1. The van der Waals surface area contributed by atoms with Gasteiger partial charge in [0.05, 0.1) is 11.4 Å². The zero-order valence-corrected chi connectivity index (χ0v) is 21.5. The van der Waals surface area contributed by atoms with Gasteiger partial charge < -0.3 is 15.5 Å².